The molecule has 7 heteroatoms. The van der Waals surface area contributed by atoms with Crippen LogP contribution in [0.5, 0.6) is 0 Å². The number of nitrogens with zero attached hydrogens (tertiary/aromatic N) is 3. The molecule has 2 aromatic heterocycles. The molecule has 1 aromatic carbocycles. The molecule has 0 atom stereocenters. The lowest BCUT2D eigenvalue weighted by Crippen LogP contribution is -2.12. The van der Waals surface area contributed by atoms with Crippen LogP contribution in [-0.2, 0) is 18.1 Å². The van der Waals surface area contributed by atoms with Gasteiger partial charge in [0.05, 0.1) is 17.6 Å². The molecule has 3 aromatic rings. The number of aromatic nitrogens is 3. The highest BCUT2D eigenvalue weighted by Crippen LogP contribution is 2.34. The van der Waals surface area contributed by atoms with Gasteiger partial charge in [0.2, 0.25) is 5.88 Å². The summed E-state index contributed by atoms with van der Waals surface area (Å²) in [4.78, 5) is 16.3. The lowest BCUT2D eigenvalue weighted by molar-refractivity contribution is 0.102. The SMILES string of the molecule is O=C(Nc1onc2c1CSC2)c1ccc(Cn2ccnc2)cc1. The van der Waals surface area contributed by atoms with Gasteiger partial charge in [0.1, 0.15) is 0 Å². The number of imidazole rings is 1. The van der Waals surface area contributed by atoms with Crippen molar-refractivity contribution >= 4 is 23.6 Å². The van der Waals surface area contributed by atoms with Gasteiger partial charge in [-0.15, -0.1) is 0 Å². The van der Waals surface area contributed by atoms with E-state index in [2.05, 4.69) is 15.5 Å². The Labute approximate surface area is 136 Å². The van der Waals surface area contributed by atoms with Crippen LogP contribution in [0.15, 0.2) is 47.5 Å². The van der Waals surface area contributed by atoms with Crippen LogP contribution >= 0.6 is 11.8 Å². The van der Waals surface area contributed by atoms with Crippen LogP contribution < -0.4 is 5.32 Å². The highest BCUT2D eigenvalue weighted by Gasteiger charge is 2.23. The number of thioether (sulfide) groups is 1. The zero-order chi connectivity index (χ0) is 15.6. The van der Waals surface area contributed by atoms with Gasteiger partial charge >= 0.3 is 0 Å². The Bertz CT molecular complexity index is 824. The second-order valence-corrected chi connectivity index (χ2v) is 6.30. The fourth-order valence-corrected chi connectivity index (χ4v) is 3.50. The van der Waals surface area contributed by atoms with E-state index in [1.165, 1.54) is 0 Å². The molecular formula is C16H14N4O2S. The van der Waals surface area contributed by atoms with Crippen LogP contribution in [0.4, 0.5) is 5.88 Å². The van der Waals surface area contributed by atoms with Crippen LogP contribution in [0.2, 0.25) is 0 Å². The number of carbonyl (C=O) groups excluding carboxylic acids is 1. The van der Waals surface area contributed by atoms with Gasteiger partial charge in [0, 0.05) is 36.0 Å². The highest BCUT2D eigenvalue weighted by molar-refractivity contribution is 7.98. The fraction of sp³-hybridized carbons (Fsp3) is 0.188. The van der Waals surface area contributed by atoms with E-state index in [9.17, 15) is 4.79 Å². The fourth-order valence-electron chi connectivity index (χ4n) is 2.48. The number of hydrogen-bond acceptors (Lipinski definition) is 5. The maximum absolute atomic E-state index is 12.3. The molecule has 0 aliphatic carbocycles. The summed E-state index contributed by atoms with van der Waals surface area (Å²) in [6.45, 7) is 0.731. The van der Waals surface area contributed by atoms with Crippen LogP contribution in [0, 0.1) is 0 Å². The molecule has 0 radical (unpaired) electrons. The minimum atomic E-state index is -0.185. The number of nitrogens with one attached hydrogen (secondary N) is 1. The number of rotatable bonds is 4. The maximum Gasteiger partial charge on any atom is 0.258 e. The average Bonchev–Trinajstić information content (AvgIpc) is 3.28. The Morgan fingerprint density at radius 3 is 2.96 bits per heavy atom. The molecule has 3 heterocycles. The first-order valence-corrected chi connectivity index (χ1v) is 8.36. The van der Waals surface area contributed by atoms with Gasteiger partial charge in [0.15, 0.2) is 0 Å². The molecule has 4 rings (SSSR count). The van der Waals surface area contributed by atoms with Gasteiger partial charge in [-0.25, -0.2) is 4.98 Å². The molecule has 0 bridgehead atoms. The van der Waals surface area contributed by atoms with Gasteiger partial charge < -0.3 is 9.09 Å². The Morgan fingerprint density at radius 1 is 1.30 bits per heavy atom. The van der Waals surface area contributed by atoms with Crippen molar-refractivity contribution in [3.63, 3.8) is 0 Å². The number of fused-ring (bicyclic) bond motifs is 1. The quantitative estimate of drug-likeness (QED) is 0.798. The van der Waals surface area contributed by atoms with Crippen LogP contribution in [0.3, 0.4) is 0 Å². The first-order valence-electron chi connectivity index (χ1n) is 7.21. The lowest BCUT2D eigenvalue weighted by Gasteiger charge is -2.05. The van der Waals surface area contributed by atoms with E-state index in [-0.39, 0.29) is 5.91 Å². The summed E-state index contributed by atoms with van der Waals surface area (Å²) in [5.74, 6) is 1.96. The summed E-state index contributed by atoms with van der Waals surface area (Å²) in [7, 11) is 0. The number of amides is 1. The largest absolute Gasteiger partial charge is 0.338 e. The Hall–Kier alpha value is -2.54. The number of anilines is 1. The molecule has 0 saturated heterocycles. The van der Waals surface area contributed by atoms with Crippen LogP contribution in [0.25, 0.3) is 0 Å². The third-order valence-electron chi connectivity index (χ3n) is 3.72. The Kier molecular flexibility index (Phi) is 3.63. The van der Waals surface area contributed by atoms with E-state index in [4.69, 9.17) is 4.52 Å². The molecule has 0 fully saturated rings. The summed E-state index contributed by atoms with van der Waals surface area (Å²) in [5.41, 5.74) is 3.63. The van der Waals surface area contributed by atoms with E-state index in [1.807, 2.05) is 35.0 Å². The number of benzene rings is 1. The summed E-state index contributed by atoms with van der Waals surface area (Å²) >= 11 is 1.77. The monoisotopic (exact) mass is 326 g/mol. The zero-order valence-corrected chi connectivity index (χ0v) is 13.0. The van der Waals surface area contributed by atoms with Crippen molar-refractivity contribution in [2.24, 2.45) is 0 Å². The van der Waals surface area contributed by atoms with E-state index < -0.39 is 0 Å². The van der Waals surface area contributed by atoms with Crippen molar-refractivity contribution in [1.29, 1.82) is 0 Å². The zero-order valence-electron chi connectivity index (χ0n) is 12.2. The third kappa shape index (κ3) is 2.87. The summed E-state index contributed by atoms with van der Waals surface area (Å²) in [6, 6.07) is 7.50. The lowest BCUT2D eigenvalue weighted by atomic mass is 10.1. The minimum absolute atomic E-state index is 0.185. The van der Waals surface area contributed by atoms with Crippen molar-refractivity contribution in [2.75, 3.05) is 5.32 Å². The number of carbonyl (C=O) groups is 1. The molecule has 0 saturated carbocycles. The summed E-state index contributed by atoms with van der Waals surface area (Å²) < 4.78 is 7.19. The second kappa shape index (κ2) is 5.92. The predicted octanol–water partition coefficient (Wildman–Crippen LogP) is 2.92. The molecule has 1 N–H and O–H groups in total. The van der Waals surface area contributed by atoms with E-state index >= 15 is 0 Å². The average molecular weight is 326 g/mol. The first-order chi connectivity index (χ1) is 11.3. The third-order valence-corrected chi connectivity index (χ3v) is 4.69. The molecule has 23 heavy (non-hydrogen) atoms. The van der Waals surface area contributed by atoms with E-state index in [0.29, 0.717) is 11.4 Å². The van der Waals surface area contributed by atoms with Gasteiger partial charge in [0.25, 0.3) is 5.91 Å². The van der Waals surface area contributed by atoms with Gasteiger partial charge in [-0.2, -0.15) is 11.8 Å². The normalized spacial score (nSPS) is 13.0. The molecule has 1 amide bonds. The van der Waals surface area contributed by atoms with Crippen molar-refractivity contribution in [1.82, 2.24) is 14.7 Å². The molecular weight excluding hydrogens is 312 g/mol. The number of hydrogen-bond donors (Lipinski definition) is 1. The molecule has 0 unspecified atom stereocenters. The molecule has 1 aliphatic rings. The summed E-state index contributed by atoms with van der Waals surface area (Å²) in [5, 5.41) is 6.79. The van der Waals surface area contributed by atoms with Crippen LogP contribution in [-0.4, -0.2) is 20.6 Å². The highest BCUT2D eigenvalue weighted by atomic mass is 32.2. The Morgan fingerprint density at radius 2 is 2.17 bits per heavy atom. The summed E-state index contributed by atoms with van der Waals surface area (Å²) in [6.07, 6.45) is 5.42. The maximum atomic E-state index is 12.3. The second-order valence-electron chi connectivity index (χ2n) is 5.32. The van der Waals surface area contributed by atoms with E-state index in [1.54, 1.807) is 24.3 Å². The first kappa shape index (κ1) is 14.1. The van der Waals surface area contributed by atoms with Crippen molar-refractivity contribution in [3.8, 4) is 0 Å². The smallest absolute Gasteiger partial charge is 0.258 e. The van der Waals surface area contributed by atoms with E-state index in [0.717, 1.165) is 34.9 Å². The van der Waals surface area contributed by atoms with Crippen molar-refractivity contribution in [3.05, 3.63) is 65.4 Å². The van der Waals surface area contributed by atoms with Gasteiger partial charge in [-0.1, -0.05) is 17.3 Å². The minimum Gasteiger partial charge on any atom is -0.338 e. The van der Waals surface area contributed by atoms with Gasteiger partial charge in [-0.3, -0.25) is 10.1 Å². The standard InChI is InChI=1S/C16H14N4O2S/c21-15(18-16-13-8-23-9-14(13)19-22-16)12-3-1-11(2-4-12)7-20-6-5-17-10-20/h1-6,10H,7-9H2,(H,18,21). The molecule has 6 nitrogen and oxygen atoms in total. The molecule has 0 spiro atoms. The van der Waals surface area contributed by atoms with Gasteiger partial charge in [-0.05, 0) is 17.7 Å². The topological polar surface area (TPSA) is 73.0 Å². The van der Waals surface area contributed by atoms with Crippen molar-refractivity contribution < 1.29 is 9.32 Å². The van der Waals surface area contributed by atoms with Crippen molar-refractivity contribution in [2.45, 2.75) is 18.1 Å². The molecule has 116 valence electrons. The Balaban J connectivity index is 1.46. The van der Waals surface area contributed by atoms with Crippen LogP contribution in [0.1, 0.15) is 27.2 Å². The molecule has 1 aliphatic heterocycles. The predicted molar refractivity (Wildman–Crippen MR) is 87.2 cm³/mol.